The van der Waals surface area contributed by atoms with Crippen molar-refractivity contribution in [2.45, 2.75) is 40.2 Å². The van der Waals surface area contributed by atoms with Crippen LogP contribution in [0.1, 0.15) is 48.1 Å². The Kier molecular flexibility index (Phi) is 3.52. The van der Waals surface area contributed by atoms with Gasteiger partial charge in [0.2, 0.25) is 0 Å². The highest BCUT2D eigenvalue weighted by Gasteiger charge is 2.16. The van der Waals surface area contributed by atoms with Gasteiger partial charge < -0.3 is 4.57 Å². The van der Waals surface area contributed by atoms with Gasteiger partial charge in [0.05, 0.1) is 5.56 Å². The lowest BCUT2D eigenvalue weighted by Gasteiger charge is -2.16. The highest BCUT2D eigenvalue weighted by Crippen LogP contribution is 2.21. The smallest absolute Gasteiger partial charge is 0.267 e. The molecule has 1 heterocycles. The summed E-state index contributed by atoms with van der Waals surface area (Å²) in [6, 6.07) is 2.29. The number of nitrogens with two attached hydrogens (primary N) is 1. The van der Waals surface area contributed by atoms with Gasteiger partial charge in [-0.25, -0.2) is 5.84 Å². The number of nitrogens with zero attached hydrogens (tertiary/aromatic N) is 1. The lowest BCUT2D eigenvalue weighted by molar-refractivity contribution is 0.0953. The molecule has 1 atom stereocenters. The van der Waals surface area contributed by atoms with E-state index in [0.717, 1.165) is 17.8 Å². The number of aryl methyl sites for hydroxylation is 1. The van der Waals surface area contributed by atoms with Crippen molar-refractivity contribution in [2.24, 2.45) is 5.84 Å². The fourth-order valence-corrected chi connectivity index (χ4v) is 1.95. The number of hydrogen-bond donors (Lipinski definition) is 2. The summed E-state index contributed by atoms with van der Waals surface area (Å²) in [6.45, 7) is 8.23. The molecule has 15 heavy (non-hydrogen) atoms. The molecule has 0 fully saturated rings. The fraction of sp³-hybridized carbons (Fsp3) is 0.545. The summed E-state index contributed by atoms with van der Waals surface area (Å²) in [4.78, 5) is 11.5. The van der Waals surface area contributed by atoms with Gasteiger partial charge in [0.25, 0.3) is 5.91 Å². The maximum Gasteiger partial charge on any atom is 0.267 e. The van der Waals surface area contributed by atoms with Gasteiger partial charge in [-0.1, -0.05) is 6.92 Å². The van der Waals surface area contributed by atoms with Crippen molar-refractivity contribution >= 4 is 5.91 Å². The van der Waals surface area contributed by atoms with Crippen LogP contribution in [0, 0.1) is 13.8 Å². The fourth-order valence-electron chi connectivity index (χ4n) is 1.95. The Morgan fingerprint density at radius 1 is 1.60 bits per heavy atom. The molecule has 4 heteroatoms. The largest absolute Gasteiger partial charge is 0.346 e. The zero-order valence-electron chi connectivity index (χ0n) is 9.79. The van der Waals surface area contributed by atoms with Gasteiger partial charge in [0.1, 0.15) is 0 Å². The molecular formula is C11H19N3O. The Morgan fingerprint density at radius 3 is 2.67 bits per heavy atom. The minimum Gasteiger partial charge on any atom is -0.346 e. The van der Waals surface area contributed by atoms with E-state index in [9.17, 15) is 4.79 Å². The number of nitrogens with one attached hydrogen (secondary N) is 1. The third-order valence-corrected chi connectivity index (χ3v) is 2.89. The molecule has 0 aliphatic rings. The van der Waals surface area contributed by atoms with Gasteiger partial charge >= 0.3 is 0 Å². The lowest BCUT2D eigenvalue weighted by atomic mass is 10.2. The van der Waals surface area contributed by atoms with E-state index in [0.29, 0.717) is 11.6 Å². The van der Waals surface area contributed by atoms with Gasteiger partial charge in [-0.3, -0.25) is 10.2 Å². The molecule has 0 radical (unpaired) electrons. The number of hydrogen-bond acceptors (Lipinski definition) is 2. The summed E-state index contributed by atoms with van der Waals surface area (Å²) in [6.07, 6.45) is 1.04. The van der Waals surface area contributed by atoms with Crippen LogP contribution in [0.25, 0.3) is 0 Å². The molecule has 0 spiro atoms. The summed E-state index contributed by atoms with van der Waals surface area (Å²) >= 11 is 0. The Bertz CT molecular complexity index is 368. The highest BCUT2D eigenvalue weighted by atomic mass is 16.2. The molecule has 1 amide bonds. The monoisotopic (exact) mass is 209 g/mol. The minimum absolute atomic E-state index is 0.224. The average molecular weight is 209 g/mol. The van der Waals surface area contributed by atoms with E-state index < -0.39 is 0 Å². The third-order valence-electron chi connectivity index (χ3n) is 2.89. The molecule has 1 aromatic rings. The van der Waals surface area contributed by atoms with E-state index in [-0.39, 0.29) is 5.91 Å². The third kappa shape index (κ3) is 2.04. The first-order chi connectivity index (χ1) is 7.02. The predicted molar refractivity (Wildman–Crippen MR) is 60.6 cm³/mol. The molecule has 1 rings (SSSR count). The van der Waals surface area contributed by atoms with Crippen LogP contribution in [0.4, 0.5) is 0 Å². The van der Waals surface area contributed by atoms with E-state index in [2.05, 4.69) is 23.8 Å². The molecule has 4 nitrogen and oxygen atoms in total. The Morgan fingerprint density at radius 2 is 2.20 bits per heavy atom. The van der Waals surface area contributed by atoms with Crippen LogP contribution in [0.15, 0.2) is 6.07 Å². The number of nitrogen functional groups attached to an aromatic ring is 1. The Hall–Kier alpha value is -1.29. The molecule has 0 saturated heterocycles. The van der Waals surface area contributed by atoms with Crippen LogP contribution in [0.2, 0.25) is 0 Å². The van der Waals surface area contributed by atoms with E-state index in [1.807, 2.05) is 19.9 Å². The van der Waals surface area contributed by atoms with Crippen LogP contribution in [-0.4, -0.2) is 10.5 Å². The van der Waals surface area contributed by atoms with Crippen LogP contribution in [0.3, 0.4) is 0 Å². The van der Waals surface area contributed by atoms with Gasteiger partial charge in [-0.15, -0.1) is 0 Å². The first-order valence-corrected chi connectivity index (χ1v) is 5.22. The number of rotatable bonds is 3. The van der Waals surface area contributed by atoms with Crippen molar-refractivity contribution in [1.82, 2.24) is 9.99 Å². The van der Waals surface area contributed by atoms with E-state index in [1.54, 1.807) is 0 Å². The van der Waals surface area contributed by atoms with Gasteiger partial charge in [0.15, 0.2) is 0 Å². The van der Waals surface area contributed by atoms with Crippen molar-refractivity contribution in [3.8, 4) is 0 Å². The highest BCUT2D eigenvalue weighted by molar-refractivity contribution is 5.95. The summed E-state index contributed by atoms with van der Waals surface area (Å²) < 4.78 is 2.17. The Balaban J connectivity index is 3.20. The predicted octanol–water partition coefficient (Wildman–Crippen LogP) is 1.68. The average Bonchev–Trinajstić information content (AvgIpc) is 2.52. The minimum atomic E-state index is -0.224. The van der Waals surface area contributed by atoms with Gasteiger partial charge in [0, 0.05) is 17.4 Å². The number of aromatic nitrogens is 1. The van der Waals surface area contributed by atoms with Crippen LogP contribution in [-0.2, 0) is 0 Å². The normalized spacial score (nSPS) is 12.6. The summed E-state index contributed by atoms with van der Waals surface area (Å²) in [5.74, 6) is 4.91. The topological polar surface area (TPSA) is 60.0 Å². The second kappa shape index (κ2) is 4.49. The maximum atomic E-state index is 11.5. The molecule has 0 aliphatic heterocycles. The first kappa shape index (κ1) is 11.8. The summed E-state index contributed by atoms with van der Waals surface area (Å²) in [5.41, 5.74) is 4.90. The Labute approximate surface area is 90.4 Å². The number of carbonyl (C=O) groups excluding carboxylic acids is 1. The van der Waals surface area contributed by atoms with Crippen molar-refractivity contribution < 1.29 is 4.79 Å². The molecule has 1 aromatic heterocycles. The molecule has 84 valence electrons. The number of amides is 1. The van der Waals surface area contributed by atoms with E-state index in [4.69, 9.17) is 5.84 Å². The molecule has 0 saturated carbocycles. The summed E-state index contributed by atoms with van der Waals surface area (Å²) in [7, 11) is 0. The summed E-state index contributed by atoms with van der Waals surface area (Å²) in [5, 5.41) is 0. The molecule has 0 aromatic carbocycles. The second-order valence-corrected chi connectivity index (χ2v) is 3.89. The van der Waals surface area contributed by atoms with Crippen molar-refractivity contribution in [1.29, 1.82) is 0 Å². The SMILES string of the molecule is CC[C@@H](C)n1c(C)cc(C(=O)NN)c1C. The molecule has 0 aliphatic carbocycles. The standard InChI is InChI=1S/C11H19N3O/c1-5-7(2)14-8(3)6-10(9(14)4)11(15)13-12/h6-7H,5,12H2,1-4H3,(H,13,15)/t7-/m1/s1. The zero-order valence-corrected chi connectivity index (χ0v) is 9.79. The maximum absolute atomic E-state index is 11.5. The van der Waals surface area contributed by atoms with Crippen molar-refractivity contribution in [2.75, 3.05) is 0 Å². The number of hydrazine groups is 1. The quantitative estimate of drug-likeness (QED) is 0.452. The van der Waals surface area contributed by atoms with Crippen LogP contribution >= 0.6 is 0 Å². The van der Waals surface area contributed by atoms with Gasteiger partial charge in [-0.05, 0) is 33.3 Å². The first-order valence-electron chi connectivity index (χ1n) is 5.22. The molecule has 0 bridgehead atoms. The van der Waals surface area contributed by atoms with Crippen molar-refractivity contribution in [3.05, 3.63) is 23.0 Å². The zero-order chi connectivity index (χ0) is 11.6. The molecular weight excluding hydrogens is 190 g/mol. The van der Waals surface area contributed by atoms with Crippen molar-refractivity contribution in [3.63, 3.8) is 0 Å². The second-order valence-electron chi connectivity index (χ2n) is 3.89. The molecule has 0 unspecified atom stereocenters. The number of carbonyl (C=O) groups is 1. The molecule has 3 N–H and O–H groups in total. The van der Waals surface area contributed by atoms with E-state index >= 15 is 0 Å². The lowest BCUT2D eigenvalue weighted by Crippen LogP contribution is -2.30. The van der Waals surface area contributed by atoms with Gasteiger partial charge in [-0.2, -0.15) is 0 Å². The van der Waals surface area contributed by atoms with E-state index in [1.165, 1.54) is 0 Å². The van der Waals surface area contributed by atoms with Crippen LogP contribution < -0.4 is 11.3 Å². The van der Waals surface area contributed by atoms with Crippen LogP contribution in [0.5, 0.6) is 0 Å².